The number of carbonyl (C=O) groups excluding carboxylic acids is 3. The van der Waals surface area contributed by atoms with Crippen LogP contribution in [0.15, 0.2) is 139 Å². The van der Waals surface area contributed by atoms with Crippen LogP contribution in [0.1, 0.15) is 138 Å². The van der Waals surface area contributed by atoms with Gasteiger partial charge in [-0.25, -0.2) is 4.98 Å². The van der Waals surface area contributed by atoms with Crippen molar-refractivity contribution in [3.05, 3.63) is 167 Å². The summed E-state index contributed by atoms with van der Waals surface area (Å²) < 4.78 is 6.90. The number of ketones is 1. The number of aryl methyl sites for hydroxylation is 4. The molecule has 3 atom stereocenters. The van der Waals surface area contributed by atoms with E-state index in [-0.39, 0.29) is 17.6 Å². The number of thiazole rings is 1. The fraction of sp³-hybridized carbons (Fsp3) is 0.409. The van der Waals surface area contributed by atoms with Crippen molar-refractivity contribution < 1.29 is 14.4 Å². The van der Waals surface area contributed by atoms with E-state index in [9.17, 15) is 14.4 Å². The molecule has 16 nitrogen and oxygen atoms in total. The molecule has 7 rings (SSSR count). The van der Waals surface area contributed by atoms with Gasteiger partial charge in [0, 0.05) is 104 Å². The Balaban J connectivity index is 1.13. The molecule has 3 aromatic heterocycles. The standard InChI is InChI=1S/C66H87N13O3S/c1-17-21-28-57(74(15)44(9)39-78-43(8)32-40(5)48(78)13)64(82)75(16)49(14)59(80)29-24-22-23-27-51-36-52(45(10)67)37-56-61(51)76(65(71-56)70-47(12)54-33-41(6)69-55(54)19-3)30-25-26-31-77-62-50(18-2)35-53(46(11)68)38-60(62)83-66(77)72-63(81)58-34-42(7)73-79(58)20-4/h17,25-26,34-38,40,49,57H,1,8-13,18-24,27-33,39,67-68H2,2-7,14-16H3,(H,70,71)/b26-25+,72-66?/t40?,49-,57?/m0/s1. The highest BCUT2D eigenvalue weighted by Crippen LogP contribution is 2.36. The lowest BCUT2D eigenvalue weighted by Gasteiger charge is -2.36. The summed E-state index contributed by atoms with van der Waals surface area (Å²) in [6.45, 7) is 45.3. The number of nitrogens with one attached hydrogen (secondary N) is 1. The number of nitrogens with zero attached hydrogens (tertiary/aromatic N) is 10. The van der Waals surface area contributed by atoms with Gasteiger partial charge in [0.15, 0.2) is 10.6 Å². The third-order valence-corrected chi connectivity index (χ3v) is 17.2. The molecular formula is C66H87N13O3S. The molecule has 0 aliphatic carbocycles. The molecule has 440 valence electrons. The Morgan fingerprint density at radius 3 is 2.23 bits per heavy atom. The smallest absolute Gasteiger partial charge is 0.297 e. The highest BCUT2D eigenvalue weighted by molar-refractivity contribution is 7.16. The second kappa shape index (κ2) is 27.4. The van der Waals surface area contributed by atoms with Gasteiger partial charge in [-0.15, -0.1) is 6.58 Å². The molecule has 17 heteroatoms. The Morgan fingerprint density at radius 2 is 1.59 bits per heavy atom. The molecular weight excluding hydrogens is 1050 g/mol. The largest absolute Gasteiger partial charge is 0.399 e. The fourth-order valence-corrected chi connectivity index (χ4v) is 12.3. The number of aliphatic imine (C=N–C) groups is 1. The van der Waals surface area contributed by atoms with Crippen LogP contribution < -0.4 is 21.6 Å². The minimum absolute atomic E-state index is 0.00874. The first-order chi connectivity index (χ1) is 39.5. The van der Waals surface area contributed by atoms with Gasteiger partial charge in [-0.2, -0.15) is 10.1 Å². The van der Waals surface area contributed by atoms with Crippen LogP contribution >= 0.6 is 11.3 Å². The number of rotatable bonds is 29. The molecule has 0 radical (unpaired) electrons. The first-order valence-corrected chi connectivity index (χ1v) is 29.9. The molecule has 1 saturated heterocycles. The van der Waals surface area contributed by atoms with Crippen LogP contribution in [0.3, 0.4) is 0 Å². The van der Waals surface area contributed by atoms with Crippen molar-refractivity contribution in [1.29, 1.82) is 0 Å². The summed E-state index contributed by atoms with van der Waals surface area (Å²) in [6.07, 6.45) is 13.4. The number of hydrogen-bond donors (Lipinski definition) is 3. The Bertz CT molecular complexity index is 3590. The van der Waals surface area contributed by atoms with Crippen molar-refractivity contribution >= 4 is 73.2 Å². The van der Waals surface area contributed by atoms with Gasteiger partial charge in [0.2, 0.25) is 11.9 Å². The number of nitrogens with two attached hydrogens (primary N) is 2. The van der Waals surface area contributed by atoms with Crippen LogP contribution in [-0.4, -0.2) is 94.6 Å². The van der Waals surface area contributed by atoms with Crippen LogP contribution in [0.4, 0.5) is 5.95 Å². The first kappa shape index (κ1) is 62.5. The topological polar surface area (TPSA) is 190 Å². The molecule has 2 amide bonds. The monoisotopic (exact) mass is 1140 g/mol. The van der Waals surface area contributed by atoms with Crippen LogP contribution in [0.25, 0.3) is 32.6 Å². The molecule has 5 N–H and O–H groups in total. The quantitative estimate of drug-likeness (QED) is 0.0307. The van der Waals surface area contributed by atoms with Crippen molar-refractivity contribution in [2.45, 2.75) is 151 Å². The SMILES string of the molecule is C=CCCC(C(=O)N(C)[C@@H](C)C(=O)CCCCCc1cc(C(=C)N)cc2nc(NC(=C)C3=C(CC)N=C(C)C3)n(C/C=C/Cn3c(=NC(=O)c4cc(C)nn4CC)sc4cc(C(=C)N)cc(CC)c43)c12)N(C)C(=C)CN1C(=C)CC(C)C1=C. The molecule has 5 heterocycles. The normalized spacial score (nSPS) is 15.4. The highest BCUT2D eigenvalue weighted by atomic mass is 32.1. The first-order valence-electron chi connectivity index (χ1n) is 29.1. The zero-order valence-corrected chi connectivity index (χ0v) is 51.5. The molecule has 5 aromatic rings. The zero-order valence-electron chi connectivity index (χ0n) is 50.7. The zero-order chi connectivity index (χ0) is 60.6. The minimum atomic E-state index is -0.618. The number of imidazole rings is 1. The molecule has 2 aromatic carbocycles. The van der Waals surface area contributed by atoms with E-state index in [1.807, 2.05) is 57.9 Å². The molecule has 0 spiro atoms. The Hall–Kier alpha value is -8.05. The van der Waals surface area contributed by atoms with Gasteiger partial charge in [-0.1, -0.05) is 96.2 Å². The summed E-state index contributed by atoms with van der Waals surface area (Å²) in [5.41, 5.74) is 27.7. The van der Waals surface area contributed by atoms with E-state index in [4.69, 9.17) is 26.4 Å². The van der Waals surface area contributed by atoms with E-state index in [2.05, 4.69) is 116 Å². The van der Waals surface area contributed by atoms with Crippen LogP contribution in [-0.2, 0) is 42.1 Å². The van der Waals surface area contributed by atoms with E-state index >= 15 is 0 Å². The van der Waals surface area contributed by atoms with E-state index in [0.29, 0.717) is 98.5 Å². The molecule has 0 bridgehead atoms. The second-order valence-electron chi connectivity index (χ2n) is 22.2. The van der Waals surface area contributed by atoms with Gasteiger partial charge in [0.25, 0.3) is 5.91 Å². The fourth-order valence-electron chi connectivity index (χ4n) is 11.1. The third-order valence-electron chi connectivity index (χ3n) is 16.2. The lowest BCUT2D eigenvalue weighted by molar-refractivity contribution is -0.141. The maximum atomic E-state index is 14.3. The number of anilines is 1. The summed E-state index contributed by atoms with van der Waals surface area (Å²) in [6, 6.07) is 8.79. The number of carbonyl (C=O) groups is 3. The summed E-state index contributed by atoms with van der Waals surface area (Å²) >= 11 is 1.44. The predicted octanol–water partition coefficient (Wildman–Crippen LogP) is 12.1. The van der Waals surface area contributed by atoms with Gasteiger partial charge in [0.05, 0.1) is 39.5 Å². The molecule has 1 fully saturated rings. The molecule has 2 aliphatic heterocycles. The average Bonchev–Trinajstić information content (AvgIpc) is 4.05. The highest BCUT2D eigenvalue weighted by Gasteiger charge is 2.33. The maximum Gasteiger partial charge on any atom is 0.297 e. The Kier molecular flexibility index (Phi) is 20.6. The van der Waals surface area contributed by atoms with E-state index in [0.717, 1.165) is 121 Å². The van der Waals surface area contributed by atoms with Crippen LogP contribution in [0.5, 0.6) is 0 Å². The van der Waals surface area contributed by atoms with E-state index in [1.54, 1.807) is 22.7 Å². The van der Waals surface area contributed by atoms with Gasteiger partial charge >= 0.3 is 0 Å². The number of unbranched alkanes of at least 4 members (excludes halogenated alkanes) is 2. The van der Waals surface area contributed by atoms with Crippen molar-refractivity contribution in [1.82, 2.24) is 38.6 Å². The Labute approximate surface area is 495 Å². The summed E-state index contributed by atoms with van der Waals surface area (Å²) in [5, 5.41) is 8.11. The number of hydrogen-bond acceptors (Lipinski definition) is 12. The number of likely N-dealkylation sites (tertiary alicyclic amines) is 1. The van der Waals surface area contributed by atoms with Crippen molar-refractivity contribution in [2.24, 2.45) is 27.4 Å². The number of aromatic nitrogens is 5. The van der Waals surface area contributed by atoms with Crippen LogP contribution in [0.2, 0.25) is 0 Å². The number of likely N-dealkylation sites (N-methyl/N-ethyl adjacent to an activating group) is 2. The summed E-state index contributed by atoms with van der Waals surface area (Å²) in [7, 11) is 3.62. The van der Waals surface area contributed by atoms with Gasteiger partial charge in [0.1, 0.15) is 11.7 Å². The van der Waals surface area contributed by atoms with Crippen LogP contribution in [0, 0.1) is 12.8 Å². The predicted molar refractivity (Wildman–Crippen MR) is 343 cm³/mol. The molecule has 2 unspecified atom stereocenters. The number of fused-ring (bicyclic) bond motifs is 2. The number of Topliss-reactive ketones (excluding diaryl/α,β-unsaturated/α-hetero) is 1. The summed E-state index contributed by atoms with van der Waals surface area (Å²) in [5.74, 6) is 0.421. The van der Waals surface area contributed by atoms with E-state index < -0.39 is 12.1 Å². The third kappa shape index (κ3) is 14.1. The number of amides is 2. The lowest BCUT2D eigenvalue weighted by Crippen LogP contribution is -2.50. The lowest BCUT2D eigenvalue weighted by atomic mass is 9.99. The van der Waals surface area contributed by atoms with Crippen molar-refractivity contribution in [3.63, 3.8) is 0 Å². The number of allylic oxidation sites excluding steroid dienone is 7. The second-order valence-corrected chi connectivity index (χ2v) is 23.2. The molecule has 83 heavy (non-hydrogen) atoms. The number of benzene rings is 2. The molecule has 0 saturated carbocycles. The molecule has 2 aliphatic rings. The maximum absolute atomic E-state index is 14.3. The van der Waals surface area contributed by atoms with Crippen molar-refractivity contribution in [3.8, 4) is 0 Å². The summed E-state index contributed by atoms with van der Waals surface area (Å²) in [4.78, 5) is 63.1. The van der Waals surface area contributed by atoms with E-state index in [1.165, 1.54) is 11.3 Å². The van der Waals surface area contributed by atoms with Gasteiger partial charge in [-0.05, 0) is 132 Å². The average molecular weight is 1140 g/mol. The van der Waals surface area contributed by atoms with Gasteiger partial charge < -0.3 is 40.6 Å². The van der Waals surface area contributed by atoms with Gasteiger partial charge in [-0.3, -0.25) is 24.1 Å². The van der Waals surface area contributed by atoms with Crippen molar-refractivity contribution in [2.75, 3.05) is 26.0 Å². The Morgan fingerprint density at radius 1 is 0.904 bits per heavy atom. The minimum Gasteiger partial charge on any atom is -0.399 e.